The third-order valence-corrected chi connectivity index (χ3v) is 3.65. The van der Waals surface area contributed by atoms with Crippen molar-refractivity contribution >= 4 is 39.5 Å². The molecule has 0 bridgehead atoms. The van der Waals surface area contributed by atoms with E-state index in [1.54, 1.807) is 12.1 Å². The first-order valence-electron chi connectivity index (χ1n) is 5.32. The Morgan fingerprint density at radius 1 is 1.53 bits per heavy atom. The van der Waals surface area contributed by atoms with Crippen LogP contribution in [0.5, 0.6) is 0 Å². The summed E-state index contributed by atoms with van der Waals surface area (Å²) in [6.07, 6.45) is 1.31. The summed E-state index contributed by atoms with van der Waals surface area (Å²) in [5.41, 5.74) is 0.570. The van der Waals surface area contributed by atoms with E-state index in [0.717, 1.165) is 0 Å². The van der Waals surface area contributed by atoms with E-state index < -0.39 is 0 Å². The second-order valence-corrected chi connectivity index (χ2v) is 5.51. The quantitative estimate of drug-likeness (QED) is 0.874. The molecule has 0 unspecified atom stereocenters. The number of hydrogen-bond donors (Lipinski definition) is 2. The molecular formula is C11H10BrFN4OS. The van der Waals surface area contributed by atoms with Gasteiger partial charge in [0, 0.05) is 10.2 Å². The van der Waals surface area contributed by atoms with Crippen molar-refractivity contribution in [1.82, 2.24) is 15.2 Å². The summed E-state index contributed by atoms with van der Waals surface area (Å²) in [6.45, 7) is 0. The van der Waals surface area contributed by atoms with Crippen LogP contribution in [0.15, 0.2) is 29.0 Å². The highest BCUT2D eigenvalue weighted by Crippen LogP contribution is 2.19. The van der Waals surface area contributed by atoms with Crippen molar-refractivity contribution in [2.45, 2.75) is 5.75 Å². The average molecular weight is 345 g/mol. The van der Waals surface area contributed by atoms with Gasteiger partial charge in [0.2, 0.25) is 11.9 Å². The first kappa shape index (κ1) is 14.0. The molecule has 0 atom stereocenters. The maximum Gasteiger partial charge on any atom is 0.236 e. The Hall–Kier alpha value is -1.41. The molecule has 0 spiro atoms. The lowest BCUT2D eigenvalue weighted by Crippen LogP contribution is -2.15. The lowest BCUT2D eigenvalue weighted by atomic mass is 10.2. The third-order valence-electron chi connectivity index (χ3n) is 2.18. The SMILES string of the molecule is O=C(CSCc1ccc(Br)cc1F)Nc1ncn[nH]1. The van der Waals surface area contributed by atoms with Gasteiger partial charge in [-0.25, -0.2) is 9.49 Å². The minimum absolute atomic E-state index is 0.209. The molecule has 0 radical (unpaired) electrons. The summed E-state index contributed by atoms with van der Waals surface area (Å²) < 4.78 is 14.2. The van der Waals surface area contributed by atoms with Gasteiger partial charge in [-0.05, 0) is 17.7 Å². The van der Waals surface area contributed by atoms with Crippen LogP contribution in [0.25, 0.3) is 0 Å². The highest BCUT2D eigenvalue weighted by Gasteiger charge is 2.07. The molecular weight excluding hydrogens is 335 g/mol. The molecule has 1 heterocycles. The van der Waals surface area contributed by atoms with E-state index in [9.17, 15) is 9.18 Å². The van der Waals surface area contributed by atoms with Crippen molar-refractivity contribution in [3.8, 4) is 0 Å². The number of benzene rings is 1. The van der Waals surface area contributed by atoms with Crippen LogP contribution >= 0.6 is 27.7 Å². The van der Waals surface area contributed by atoms with Crippen LogP contribution in [-0.4, -0.2) is 26.8 Å². The first-order valence-corrected chi connectivity index (χ1v) is 7.27. The molecule has 0 saturated carbocycles. The zero-order valence-electron chi connectivity index (χ0n) is 9.69. The van der Waals surface area contributed by atoms with Gasteiger partial charge in [0.15, 0.2) is 0 Å². The predicted octanol–water partition coefficient (Wildman–Crippen LogP) is 2.58. The fourth-order valence-electron chi connectivity index (χ4n) is 1.33. The number of nitrogens with zero attached hydrogens (tertiary/aromatic N) is 2. The smallest absolute Gasteiger partial charge is 0.236 e. The van der Waals surface area contributed by atoms with Crippen LogP contribution in [0.2, 0.25) is 0 Å². The van der Waals surface area contributed by atoms with Crippen molar-refractivity contribution in [2.75, 3.05) is 11.1 Å². The fourth-order valence-corrected chi connectivity index (χ4v) is 2.47. The van der Waals surface area contributed by atoms with E-state index in [0.29, 0.717) is 21.7 Å². The molecule has 5 nitrogen and oxygen atoms in total. The third kappa shape index (κ3) is 4.32. The van der Waals surface area contributed by atoms with Crippen molar-refractivity contribution in [3.63, 3.8) is 0 Å². The van der Waals surface area contributed by atoms with E-state index in [1.807, 2.05) is 0 Å². The number of aromatic amines is 1. The molecule has 0 aliphatic heterocycles. The molecule has 0 saturated heterocycles. The van der Waals surface area contributed by atoms with Gasteiger partial charge in [-0.1, -0.05) is 22.0 Å². The zero-order valence-corrected chi connectivity index (χ0v) is 12.1. The summed E-state index contributed by atoms with van der Waals surface area (Å²) in [4.78, 5) is 15.3. The second kappa shape index (κ2) is 6.67. The number of amides is 1. The molecule has 1 aromatic heterocycles. The van der Waals surface area contributed by atoms with Crippen LogP contribution in [0.3, 0.4) is 0 Å². The average Bonchev–Trinajstić information content (AvgIpc) is 2.84. The van der Waals surface area contributed by atoms with Gasteiger partial charge in [-0.15, -0.1) is 11.8 Å². The van der Waals surface area contributed by atoms with E-state index in [2.05, 4.69) is 36.4 Å². The maximum absolute atomic E-state index is 13.5. The predicted molar refractivity (Wildman–Crippen MR) is 75.3 cm³/mol. The van der Waals surface area contributed by atoms with E-state index in [-0.39, 0.29) is 17.5 Å². The lowest BCUT2D eigenvalue weighted by molar-refractivity contribution is -0.113. The Labute approximate surface area is 121 Å². The molecule has 0 aliphatic carbocycles. The van der Waals surface area contributed by atoms with Gasteiger partial charge in [-0.2, -0.15) is 10.1 Å². The molecule has 100 valence electrons. The Morgan fingerprint density at radius 3 is 3.05 bits per heavy atom. The van der Waals surface area contributed by atoms with Gasteiger partial charge in [0.1, 0.15) is 12.1 Å². The van der Waals surface area contributed by atoms with Crippen LogP contribution in [-0.2, 0) is 10.5 Å². The van der Waals surface area contributed by atoms with Gasteiger partial charge in [-0.3, -0.25) is 10.1 Å². The van der Waals surface area contributed by atoms with Crippen LogP contribution in [0.1, 0.15) is 5.56 Å². The lowest BCUT2D eigenvalue weighted by Gasteiger charge is -2.04. The second-order valence-electron chi connectivity index (χ2n) is 3.61. The summed E-state index contributed by atoms with van der Waals surface area (Å²) in [5.74, 6) is 0.469. The van der Waals surface area contributed by atoms with Gasteiger partial charge in [0.05, 0.1) is 5.75 Å². The maximum atomic E-state index is 13.5. The summed E-state index contributed by atoms with van der Waals surface area (Å²) in [7, 11) is 0. The normalized spacial score (nSPS) is 10.4. The topological polar surface area (TPSA) is 70.7 Å². The Kier molecular flexibility index (Phi) is 4.92. The van der Waals surface area contributed by atoms with Crippen LogP contribution < -0.4 is 5.32 Å². The number of H-pyrrole nitrogens is 1. The van der Waals surface area contributed by atoms with Crippen molar-refractivity contribution in [1.29, 1.82) is 0 Å². The Bertz CT molecular complexity index is 564. The van der Waals surface area contributed by atoms with Crippen molar-refractivity contribution < 1.29 is 9.18 Å². The number of hydrogen-bond acceptors (Lipinski definition) is 4. The van der Waals surface area contributed by atoms with Crippen LogP contribution in [0.4, 0.5) is 10.3 Å². The largest absolute Gasteiger partial charge is 0.294 e. The standard InChI is InChI=1S/C11H10BrFN4OS/c12-8-2-1-7(9(13)3-8)4-19-5-10(18)16-11-14-6-15-17-11/h1-3,6H,4-5H2,(H2,14,15,16,17,18). The van der Waals surface area contributed by atoms with Gasteiger partial charge in [0.25, 0.3) is 0 Å². The number of rotatable bonds is 5. The number of halogens is 2. The van der Waals surface area contributed by atoms with E-state index in [4.69, 9.17) is 0 Å². The van der Waals surface area contributed by atoms with Gasteiger partial charge < -0.3 is 0 Å². The molecule has 8 heteroatoms. The molecule has 1 aromatic carbocycles. The zero-order chi connectivity index (χ0) is 13.7. The molecule has 0 fully saturated rings. The number of carbonyl (C=O) groups excluding carboxylic acids is 1. The number of aromatic nitrogens is 3. The number of carbonyl (C=O) groups is 1. The summed E-state index contributed by atoms with van der Waals surface area (Å²) in [6, 6.07) is 4.87. The minimum atomic E-state index is -0.280. The molecule has 0 aliphatic rings. The molecule has 1 amide bonds. The Morgan fingerprint density at radius 2 is 2.37 bits per heavy atom. The molecule has 2 N–H and O–H groups in total. The molecule has 2 rings (SSSR count). The van der Waals surface area contributed by atoms with E-state index in [1.165, 1.54) is 24.2 Å². The summed E-state index contributed by atoms with van der Waals surface area (Å²) >= 11 is 4.52. The number of anilines is 1. The number of nitrogens with one attached hydrogen (secondary N) is 2. The highest BCUT2D eigenvalue weighted by atomic mass is 79.9. The van der Waals surface area contributed by atoms with E-state index >= 15 is 0 Å². The monoisotopic (exact) mass is 344 g/mol. The number of thioether (sulfide) groups is 1. The van der Waals surface area contributed by atoms with Crippen molar-refractivity contribution in [3.05, 3.63) is 40.4 Å². The van der Waals surface area contributed by atoms with Crippen molar-refractivity contribution in [2.24, 2.45) is 0 Å². The van der Waals surface area contributed by atoms with Crippen LogP contribution in [0, 0.1) is 5.82 Å². The molecule has 2 aromatic rings. The minimum Gasteiger partial charge on any atom is -0.294 e. The first-order chi connectivity index (χ1) is 9.15. The molecule has 19 heavy (non-hydrogen) atoms. The highest BCUT2D eigenvalue weighted by molar-refractivity contribution is 9.10. The summed E-state index contributed by atoms with van der Waals surface area (Å²) in [5, 5.41) is 8.68. The van der Waals surface area contributed by atoms with Gasteiger partial charge >= 0.3 is 0 Å². The fraction of sp³-hybridized carbons (Fsp3) is 0.182. The Balaban J connectivity index is 1.78.